The van der Waals surface area contributed by atoms with Gasteiger partial charge in [0, 0.05) is 37.8 Å². The number of hydrogen-bond acceptors (Lipinski definition) is 7. The third-order valence-corrected chi connectivity index (χ3v) is 6.95. The fraction of sp³-hybridized carbons (Fsp3) is 0.316. The molecule has 1 aliphatic rings. The summed E-state index contributed by atoms with van der Waals surface area (Å²) in [4.78, 5) is 24.5. The molecule has 0 radical (unpaired) electrons. The van der Waals surface area contributed by atoms with Gasteiger partial charge < -0.3 is 10.1 Å². The highest BCUT2D eigenvalue weighted by atomic mass is 35.5. The van der Waals surface area contributed by atoms with Crippen molar-refractivity contribution in [1.29, 1.82) is 0 Å². The van der Waals surface area contributed by atoms with Crippen LogP contribution in [0.4, 0.5) is 5.69 Å². The molecule has 0 atom stereocenters. The largest absolute Gasteiger partial charge is 0.379 e. The second kappa shape index (κ2) is 9.52. The summed E-state index contributed by atoms with van der Waals surface area (Å²) in [6.07, 6.45) is 0. The highest BCUT2D eigenvalue weighted by molar-refractivity contribution is 7.91. The summed E-state index contributed by atoms with van der Waals surface area (Å²) in [7, 11) is -4.24. The molecule has 2 aromatic rings. The summed E-state index contributed by atoms with van der Waals surface area (Å²) < 4.78 is 31.1. The highest BCUT2D eigenvalue weighted by Crippen LogP contribution is 2.33. The van der Waals surface area contributed by atoms with Crippen LogP contribution in [0.1, 0.15) is 10.4 Å². The number of benzene rings is 2. The van der Waals surface area contributed by atoms with Crippen molar-refractivity contribution in [2.75, 3.05) is 39.4 Å². The van der Waals surface area contributed by atoms with Crippen molar-refractivity contribution in [1.82, 2.24) is 10.2 Å². The van der Waals surface area contributed by atoms with Gasteiger partial charge in [-0.1, -0.05) is 23.7 Å². The zero-order chi connectivity index (χ0) is 21.7. The number of nitrogens with zero attached hydrogens (tertiary/aromatic N) is 2. The van der Waals surface area contributed by atoms with Crippen LogP contribution < -0.4 is 5.32 Å². The van der Waals surface area contributed by atoms with E-state index in [4.69, 9.17) is 16.3 Å². The zero-order valence-corrected chi connectivity index (χ0v) is 17.5. The van der Waals surface area contributed by atoms with Crippen molar-refractivity contribution in [3.63, 3.8) is 0 Å². The Kier molecular flexibility index (Phi) is 7.03. The molecule has 1 saturated heterocycles. The van der Waals surface area contributed by atoms with E-state index in [1.807, 2.05) is 0 Å². The highest BCUT2D eigenvalue weighted by Gasteiger charge is 2.30. The molecule has 1 amide bonds. The minimum absolute atomic E-state index is 0.00165. The number of nitrogens with one attached hydrogen (secondary N) is 1. The molecule has 1 N–H and O–H groups in total. The van der Waals surface area contributed by atoms with E-state index in [-0.39, 0.29) is 15.5 Å². The van der Waals surface area contributed by atoms with Crippen LogP contribution in [-0.4, -0.2) is 63.5 Å². The molecule has 0 unspecified atom stereocenters. The Labute approximate surface area is 178 Å². The number of morpholine rings is 1. The van der Waals surface area contributed by atoms with Gasteiger partial charge in [-0.2, -0.15) is 0 Å². The molecule has 160 valence electrons. The minimum atomic E-state index is -4.24. The van der Waals surface area contributed by atoms with Crippen molar-refractivity contribution in [2.45, 2.75) is 9.79 Å². The molecule has 0 spiro atoms. The van der Waals surface area contributed by atoms with E-state index >= 15 is 0 Å². The lowest BCUT2D eigenvalue weighted by atomic mass is 10.2. The number of halogens is 1. The van der Waals surface area contributed by atoms with Gasteiger partial charge >= 0.3 is 0 Å². The number of hydrogen-bond donors (Lipinski definition) is 1. The molecule has 3 rings (SSSR count). The molecular weight excluding hydrogens is 434 g/mol. The van der Waals surface area contributed by atoms with E-state index in [1.54, 1.807) is 6.07 Å². The third-order valence-electron chi connectivity index (χ3n) is 4.65. The first-order valence-corrected chi connectivity index (χ1v) is 11.0. The van der Waals surface area contributed by atoms with Crippen LogP contribution in [0.3, 0.4) is 0 Å². The minimum Gasteiger partial charge on any atom is -0.379 e. The van der Waals surface area contributed by atoms with Gasteiger partial charge in [0.2, 0.25) is 9.84 Å². The Morgan fingerprint density at radius 2 is 1.87 bits per heavy atom. The molecule has 0 aliphatic carbocycles. The fourth-order valence-electron chi connectivity index (χ4n) is 3.06. The quantitative estimate of drug-likeness (QED) is 0.503. The standard InChI is InChI=1S/C19H20ClN3O6S/c20-15-3-1-2-4-17(15)30(27,28)18-6-5-14(13-16(18)23(25)26)19(24)21-7-8-22-9-11-29-12-10-22/h1-6,13H,7-12H2,(H,21,24). The Morgan fingerprint density at radius 1 is 1.17 bits per heavy atom. The summed E-state index contributed by atoms with van der Waals surface area (Å²) >= 11 is 5.97. The van der Waals surface area contributed by atoms with Gasteiger partial charge in [0.15, 0.2) is 0 Å². The van der Waals surface area contributed by atoms with E-state index in [9.17, 15) is 23.3 Å². The van der Waals surface area contributed by atoms with Gasteiger partial charge in [-0.3, -0.25) is 19.8 Å². The van der Waals surface area contributed by atoms with E-state index in [2.05, 4.69) is 10.2 Å². The van der Waals surface area contributed by atoms with Crippen LogP contribution in [0.5, 0.6) is 0 Å². The van der Waals surface area contributed by atoms with E-state index in [0.717, 1.165) is 25.2 Å². The van der Waals surface area contributed by atoms with Crippen molar-refractivity contribution >= 4 is 33.0 Å². The molecule has 2 aromatic carbocycles. The molecule has 1 heterocycles. The van der Waals surface area contributed by atoms with Crippen LogP contribution in [0, 0.1) is 10.1 Å². The second-order valence-corrected chi connectivity index (χ2v) is 8.88. The zero-order valence-electron chi connectivity index (χ0n) is 15.9. The molecule has 30 heavy (non-hydrogen) atoms. The lowest BCUT2D eigenvalue weighted by Crippen LogP contribution is -2.41. The molecule has 0 saturated carbocycles. The number of sulfone groups is 1. The number of nitro benzene ring substituents is 1. The SMILES string of the molecule is O=C(NCCN1CCOCC1)c1ccc(S(=O)(=O)c2ccccc2Cl)c([N+](=O)[O-])c1. The Hall–Kier alpha value is -2.53. The summed E-state index contributed by atoms with van der Waals surface area (Å²) in [5.41, 5.74) is -0.683. The monoisotopic (exact) mass is 453 g/mol. The van der Waals surface area contributed by atoms with Crippen LogP contribution in [0.15, 0.2) is 52.3 Å². The molecule has 9 nitrogen and oxygen atoms in total. The number of ether oxygens (including phenoxy) is 1. The Balaban J connectivity index is 1.80. The molecule has 11 heteroatoms. The van der Waals surface area contributed by atoms with E-state index in [1.165, 1.54) is 24.3 Å². The van der Waals surface area contributed by atoms with E-state index < -0.39 is 31.3 Å². The lowest BCUT2D eigenvalue weighted by Gasteiger charge is -2.26. The predicted molar refractivity (Wildman–Crippen MR) is 110 cm³/mol. The van der Waals surface area contributed by atoms with Gasteiger partial charge in [-0.15, -0.1) is 0 Å². The Bertz CT molecular complexity index is 1050. The molecule has 0 aromatic heterocycles. The fourth-order valence-corrected chi connectivity index (χ4v) is 4.98. The molecule has 1 aliphatic heterocycles. The van der Waals surface area contributed by atoms with Crippen molar-refractivity contribution in [2.24, 2.45) is 0 Å². The van der Waals surface area contributed by atoms with Gasteiger partial charge in [-0.05, 0) is 24.3 Å². The summed E-state index contributed by atoms with van der Waals surface area (Å²) in [5, 5.41) is 14.2. The van der Waals surface area contributed by atoms with Gasteiger partial charge in [0.1, 0.15) is 4.90 Å². The van der Waals surface area contributed by atoms with Crippen molar-refractivity contribution in [3.8, 4) is 0 Å². The van der Waals surface area contributed by atoms with Crippen molar-refractivity contribution in [3.05, 3.63) is 63.2 Å². The van der Waals surface area contributed by atoms with Crippen LogP contribution in [0.2, 0.25) is 5.02 Å². The van der Waals surface area contributed by atoms with Crippen molar-refractivity contribution < 1.29 is 22.9 Å². The smallest absolute Gasteiger partial charge is 0.289 e. The molecule has 1 fully saturated rings. The average molecular weight is 454 g/mol. The first-order chi connectivity index (χ1) is 14.3. The summed E-state index contributed by atoms with van der Waals surface area (Å²) in [6.45, 7) is 3.80. The van der Waals surface area contributed by atoms with Gasteiger partial charge in [0.25, 0.3) is 11.6 Å². The lowest BCUT2D eigenvalue weighted by molar-refractivity contribution is -0.387. The number of rotatable bonds is 7. The third kappa shape index (κ3) is 4.96. The molecule has 0 bridgehead atoms. The first kappa shape index (κ1) is 22.2. The average Bonchev–Trinajstić information content (AvgIpc) is 2.74. The summed E-state index contributed by atoms with van der Waals surface area (Å²) in [6, 6.07) is 8.97. The summed E-state index contributed by atoms with van der Waals surface area (Å²) in [5.74, 6) is -0.520. The second-order valence-electron chi connectivity index (χ2n) is 6.58. The number of amides is 1. The van der Waals surface area contributed by atoms with Gasteiger partial charge in [-0.25, -0.2) is 8.42 Å². The topological polar surface area (TPSA) is 119 Å². The normalized spacial score (nSPS) is 15.0. The number of nitro groups is 1. The Morgan fingerprint density at radius 3 is 2.53 bits per heavy atom. The first-order valence-electron chi connectivity index (χ1n) is 9.17. The van der Waals surface area contributed by atoms with Gasteiger partial charge in [0.05, 0.1) is 28.1 Å². The van der Waals surface area contributed by atoms with Crippen LogP contribution in [0.25, 0.3) is 0 Å². The van der Waals surface area contributed by atoms with Crippen LogP contribution >= 0.6 is 11.6 Å². The number of carbonyl (C=O) groups is 1. The van der Waals surface area contributed by atoms with E-state index in [0.29, 0.717) is 26.3 Å². The maximum absolute atomic E-state index is 12.9. The maximum Gasteiger partial charge on any atom is 0.289 e. The van der Waals surface area contributed by atoms with Crippen LogP contribution in [-0.2, 0) is 14.6 Å². The molecular formula is C19H20ClN3O6S. The number of carbonyl (C=O) groups excluding carboxylic acids is 1. The maximum atomic E-state index is 12.9. The predicted octanol–water partition coefficient (Wildman–Crippen LogP) is 2.14.